The van der Waals surface area contributed by atoms with Crippen molar-refractivity contribution in [2.75, 3.05) is 10.6 Å². The second-order valence-corrected chi connectivity index (χ2v) is 5.60. The van der Waals surface area contributed by atoms with Crippen molar-refractivity contribution < 1.29 is 14.0 Å². The highest BCUT2D eigenvalue weighted by Crippen LogP contribution is 2.22. The lowest BCUT2D eigenvalue weighted by molar-refractivity contribution is -0.114. The maximum atomic E-state index is 13.3. The second kappa shape index (κ2) is 6.72. The molecule has 0 bridgehead atoms. The minimum absolute atomic E-state index is 0.178. The molecule has 2 N–H and O–H groups in total. The van der Waals surface area contributed by atoms with Gasteiger partial charge in [-0.15, -0.1) is 0 Å². The van der Waals surface area contributed by atoms with E-state index in [1.807, 2.05) is 13.0 Å². The van der Waals surface area contributed by atoms with Gasteiger partial charge >= 0.3 is 0 Å². The quantitative estimate of drug-likeness (QED) is 0.765. The van der Waals surface area contributed by atoms with Gasteiger partial charge in [0.2, 0.25) is 5.91 Å². The van der Waals surface area contributed by atoms with Gasteiger partial charge in [0.05, 0.1) is 0 Å². The standard InChI is InChI=1S/C18H17FN4O2/c1-3-12-4-6-14(20-11(2)24)8-15(12)22-18(25)16-10-23-9-13(19)5-7-17(23)21-16/h4-10H,3H2,1-2H3,(H,20,24)(H,22,25). The second-order valence-electron chi connectivity index (χ2n) is 5.60. The number of rotatable bonds is 4. The van der Waals surface area contributed by atoms with E-state index in [1.165, 1.54) is 35.9 Å². The number of pyridine rings is 1. The molecule has 3 rings (SSSR count). The number of aromatic nitrogens is 2. The number of halogens is 1. The van der Waals surface area contributed by atoms with Gasteiger partial charge < -0.3 is 15.0 Å². The molecule has 0 aliphatic carbocycles. The number of nitrogens with one attached hydrogen (secondary N) is 2. The topological polar surface area (TPSA) is 75.5 Å². The van der Waals surface area contributed by atoms with Crippen molar-refractivity contribution in [2.45, 2.75) is 20.3 Å². The van der Waals surface area contributed by atoms with Gasteiger partial charge in [-0.2, -0.15) is 0 Å². The molecule has 6 nitrogen and oxygen atoms in total. The van der Waals surface area contributed by atoms with Gasteiger partial charge in [0.15, 0.2) is 0 Å². The Hall–Kier alpha value is -3.22. The summed E-state index contributed by atoms with van der Waals surface area (Å²) in [6.45, 7) is 3.39. The number of hydrogen-bond acceptors (Lipinski definition) is 3. The van der Waals surface area contributed by atoms with Crippen LogP contribution in [0.15, 0.2) is 42.7 Å². The summed E-state index contributed by atoms with van der Waals surface area (Å²) in [5, 5.41) is 5.49. The van der Waals surface area contributed by atoms with Crippen LogP contribution in [0.25, 0.3) is 5.65 Å². The predicted octanol–water partition coefficient (Wildman–Crippen LogP) is 3.25. The minimum Gasteiger partial charge on any atom is -0.326 e. The van der Waals surface area contributed by atoms with E-state index in [0.29, 0.717) is 23.4 Å². The number of hydrogen-bond donors (Lipinski definition) is 2. The molecule has 3 aromatic rings. The van der Waals surface area contributed by atoms with Crippen LogP contribution in [0.4, 0.5) is 15.8 Å². The molecule has 1 aromatic carbocycles. The fourth-order valence-electron chi connectivity index (χ4n) is 2.54. The number of amides is 2. The number of anilines is 2. The number of nitrogens with zero attached hydrogens (tertiary/aromatic N) is 2. The molecule has 0 unspecified atom stereocenters. The third-order valence-electron chi connectivity index (χ3n) is 3.71. The fraction of sp³-hybridized carbons (Fsp3) is 0.167. The molecule has 0 aliphatic heterocycles. The Bertz CT molecular complexity index is 965. The first-order valence-corrected chi connectivity index (χ1v) is 7.82. The first-order chi connectivity index (χ1) is 12.0. The highest BCUT2D eigenvalue weighted by Gasteiger charge is 2.13. The van der Waals surface area contributed by atoms with Crippen molar-refractivity contribution in [3.8, 4) is 0 Å². The molecule has 2 aromatic heterocycles. The number of aryl methyl sites for hydroxylation is 1. The lowest BCUT2D eigenvalue weighted by atomic mass is 10.1. The molecule has 0 saturated heterocycles. The highest BCUT2D eigenvalue weighted by molar-refractivity contribution is 6.04. The lowest BCUT2D eigenvalue weighted by Crippen LogP contribution is -2.14. The van der Waals surface area contributed by atoms with Crippen molar-refractivity contribution >= 4 is 28.8 Å². The van der Waals surface area contributed by atoms with Crippen LogP contribution in [0.1, 0.15) is 29.9 Å². The van der Waals surface area contributed by atoms with Crippen molar-refractivity contribution in [3.63, 3.8) is 0 Å². The number of fused-ring (bicyclic) bond motifs is 1. The average molecular weight is 340 g/mol. The first-order valence-electron chi connectivity index (χ1n) is 7.82. The van der Waals surface area contributed by atoms with E-state index in [9.17, 15) is 14.0 Å². The first kappa shape index (κ1) is 16.6. The maximum absolute atomic E-state index is 13.3. The molecule has 0 spiro atoms. The smallest absolute Gasteiger partial charge is 0.275 e. The van der Waals surface area contributed by atoms with Crippen LogP contribution in [0.5, 0.6) is 0 Å². The van der Waals surface area contributed by atoms with Crippen LogP contribution in [0.2, 0.25) is 0 Å². The zero-order chi connectivity index (χ0) is 18.0. The van der Waals surface area contributed by atoms with Gasteiger partial charge in [-0.1, -0.05) is 13.0 Å². The molecule has 2 heterocycles. The Morgan fingerprint density at radius 2 is 1.96 bits per heavy atom. The van der Waals surface area contributed by atoms with Crippen molar-refractivity contribution in [1.29, 1.82) is 0 Å². The molecule has 0 saturated carbocycles. The summed E-state index contributed by atoms with van der Waals surface area (Å²) in [7, 11) is 0. The summed E-state index contributed by atoms with van der Waals surface area (Å²) in [6, 6.07) is 8.12. The van der Waals surface area contributed by atoms with Crippen molar-refractivity contribution in [3.05, 3.63) is 59.8 Å². The van der Waals surface area contributed by atoms with E-state index in [0.717, 1.165) is 5.56 Å². The van der Waals surface area contributed by atoms with E-state index in [4.69, 9.17) is 0 Å². The number of carbonyl (C=O) groups is 2. The van der Waals surface area contributed by atoms with Crippen LogP contribution in [-0.2, 0) is 11.2 Å². The van der Waals surface area contributed by atoms with Crippen molar-refractivity contribution in [2.24, 2.45) is 0 Å². The number of imidazole rings is 1. The normalized spacial score (nSPS) is 10.7. The van der Waals surface area contributed by atoms with E-state index in [-0.39, 0.29) is 11.6 Å². The fourth-order valence-corrected chi connectivity index (χ4v) is 2.54. The molecule has 0 fully saturated rings. The molecule has 0 radical (unpaired) electrons. The molecule has 0 atom stereocenters. The van der Waals surface area contributed by atoms with Gasteiger partial charge in [0.1, 0.15) is 17.2 Å². The van der Waals surface area contributed by atoms with Gasteiger partial charge in [-0.25, -0.2) is 9.37 Å². The van der Waals surface area contributed by atoms with Gasteiger partial charge in [-0.05, 0) is 36.2 Å². The number of benzene rings is 1. The minimum atomic E-state index is -0.409. The monoisotopic (exact) mass is 340 g/mol. The van der Waals surface area contributed by atoms with Crippen LogP contribution >= 0.6 is 0 Å². The molecular weight excluding hydrogens is 323 g/mol. The van der Waals surface area contributed by atoms with E-state index >= 15 is 0 Å². The summed E-state index contributed by atoms with van der Waals surface area (Å²) >= 11 is 0. The molecule has 0 aliphatic rings. The Morgan fingerprint density at radius 3 is 2.68 bits per heavy atom. The Labute approximate surface area is 143 Å². The van der Waals surface area contributed by atoms with E-state index in [1.54, 1.807) is 12.1 Å². The maximum Gasteiger partial charge on any atom is 0.275 e. The molecule has 7 heteroatoms. The SMILES string of the molecule is CCc1ccc(NC(C)=O)cc1NC(=O)c1cn2cc(F)ccc2n1. The largest absolute Gasteiger partial charge is 0.326 e. The summed E-state index contributed by atoms with van der Waals surface area (Å²) in [5.41, 5.74) is 2.78. The van der Waals surface area contributed by atoms with Gasteiger partial charge in [0, 0.05) is 30.7 Å². The van der Waals surface area contributed by atoms with Crippen LogP contribution in [0.3, 0.4) is 0 Å². The van der Waals surface area contributed by atoms with Gasteiger partial charge in [0.25, 0.3) is 5.91 Å². The summed E-state index contributed by atoms with van der Waals surface area (Å²) in [6.07, 6.45) is 3.44. The summed E-state index contributed by atoms with van der Waals surface area (Å²) in [5.74, 6) is -1.00. The highest BCUT2D eigenvalue weighted by atomic mass is 19.1. The van der Waals surface area contributed by atoms with Gasteiger partial charge in [-0.3, -0.25) is 9.59 Å². The van der Waals surface area contributed by atoms with Crippen molar-refractivity contribution in [1.82, 2.24) is 9.38 Å². The zero-order valence-corrected chi connectivity index (χ0v) is 13.8. The van der Waals surface area contributed by atoms with E-state index < -0.39 is 11.7 Å². The van der Waals surface area contributed by atoms with E-state index in [2.05, 4.69) is 15.6 Å². The molecule has 128 valence electrons. The summed E-state index contributed by atoms with van der Waals surface area (Å²) < 4.78 is 14.7. The third kappa shape index (κ3) is 3.65. The average Bonchev–Trinajstić information content (AvgIpc) is 2.98. The third-order valence-corrected chi connectivity index (χ3v) is 3.71. The molecular formula is C18H17FN4O2. The molecule has 2 amide bonds. The zero-order valence-electron chi connectivity index (χ0n) is 13.8. The number of carbonyl (C=O) groups excluding carboxylic acids is 2. The molecule has 25 heavy (non-hydrogen) atoms. The van der Waals surface area contributed by atoms with Crippen LogP contribution in [0, 0.1) is 5.82 Å². The Morgan fingerprint density at radius 1 is 1.16 bits per heavy atom. The Balaban J connectivity index is 1.89. The predicted molar refractivity (Wildman–Crippen MR) is 93.2 cm³/mol. The Kier molecular flexibility index (Phi) is 4.47. The van der Waals surface area contributed by atoms with Crippen LogP contribution < -0.4 is 10.6 Å². The van der Waals surface area contributed by atoms with Crippen LogP contribution in [-0.4, -0.2) is 21.2 Å². The summed E-state index contributed by atoms with van der Waals surface area (Å²) in [4.78, 5) is 27.9. The lowest BCUT2D eigenvalue weighted by Gasteiger charge is -2.11.